The number of nitrogens with zero attached hydrogens (tertiary/aromatic N) is 1. The van der Waals surface area contributed by atoms with E-state index in [9.17, 15) is 8.42 Å². The monoisotopic (exact) mass is 234 g/mol. The molecule has 0 saturated carbocycles. The van der Waals surface area contributed by atoms with Crippen molar-refractivity contribution in [3.63, 3.8) is 0 Å². The van der Waals surface area contributed by atoms with Crippen molar-refractivity contribution < 1.29 is 8.42 Å². The van der Waals surface area contributed by atoms with E-state index >= 15 is 0 Å². The van der Waals surface area contributed by atoms with E-state index in [2.05, 4.69) is 13.8 Å². The smallest absolute Gasteiger partial charge is 0.212 e. The average Bonchev–Trinajstić information content (AvgIpc) is 2.18. The average molecular weight is 234 g/mol. The van der Waals surface area contributed by atoms with E-state index in [4.69, 9.17) is 0 Å². The first-order chi connectivity index (χ1) is 7.08. The third-order valence-electron chi connectivity index (χ3n) is 2.28. The van der Waals surface area contributed by atoms with Gasteiger partial charge in [-0.25, -0.2) is 12.7 Å². The van der Waals surface area contributed by atoms with Gasteiger partial charge in [0.1, 0.15) is 0 Å². The Morgan fingerprint density at radius 3 is 2.20 bits per heavy atom. The molecule has 0 heterocycles. The molecule has 0 aromatic carbocycles. The van der Waals surface area contributed by atoms with Crippen molar-refractivity contribution in [1.82, 2.24) is 4.31 Å². The van der Waals surface area contributed by atoms with Crippen molar-refractivity contribution in [2.45, 2.75) is 46.0 Å². The molecular formula is C11H24NO2S. The molecule has 0 aromatic rings. The molecule has 4 heteroatoms. The minimum absolute atomic E-state index is 0.292. The minimum Gasteiger partial charge on any atom is -0.212 e. The van der Waals surface area contributed by atoms with Gasteiger partial charge in [0.05, 0.1) is 5.75 Å². The summed E-state index contributed by atoms with van der Waals surface area (Å²) in [5, 5.41) is 0. The molecule has 0 fully saturated rings. The maximum atomic E-state index is 11.9. The van der Waals surface area contributed by atoms with Crippen LogP contribution in [0, 0.1) is 6.92 Å². The Kier molecular flexibility index (Phi) is 8.06. The van der Waals surface area contributed by atoms with Gasteiger partial charge in [-0.1, -0.05) is 33.6 Å². The fraction of sp³-hybridized carbons (Fsp3) is 0.909. The van der Waals surface area contributed by atoms with Gasteiger partial charge in [-0.15, -0.1) is 0 Å². The number of sulfonamides is 1. The summed E-state index contributed by atoms with van der Waals surface area (Å²) < 4.78 is 25.3. The summed E-state index contributed by atoms with van der Waals surface area (Å²) >= 11 is 0. The lowest BCUT2D eigenvalue weighted by molar-refractivity contribution is 0.414. The van der Waals surface area contributed by atoms with Crippen LogP contribution in [0.5, 0.6) is 0 Å². The van der Waals surface area contributed by atoms with E-state index in [-0.39, 0.29) is 0 Å². The van der Waals surface area contributed by atoms with Gasteiger partial charge < -0.3 is 0 Å². The van der Waals surface area contributed by atoms with Gasteiger partial charge in [-0.3, -0.25) is 0 Å². The lowest BCUT2D eigenvalue weighted by atomic mass is 10.3. The van der Waals surface area contributed by atoms with E-state index in [1.165, 1.54) is 0 Å². The molecule has 3 nitrogen and oxygen atoms in total. The Morgan fingerprint density at radius 2 is 1.73 bits per heavy atom. The summed E-state index contributed by atoms with van der Waals surface area (Å²) in [5.74, 6) is 0.292. The Bertz CT molecular complexity index is 231. The second-order valence-electron chi connectivity index (χ2n) is 3.78. The van der Waals surface area contributed by atoms with Crippen LogP contribution < -0.4 is 0 Å². The number of rotatable bonds is 9. The van der Waals surface area contributed by atoms with Crippen LogP contribution in [0.15, 0.2) is 0 Å². The molecule has 0 aliphatic rings. The van der Waals surface area contributed by atoms with Gasteiger partial charge in [-0.05, 0) is 19.3 Å². The molecule has 1 radical (unpaired) electrons. The quantitative estimate of drug-likeness (QED) is 0.575. The number of hydrogen-bond acceptors (Lipinski definition) is 2. The lowest BCUT2D eigenvalue weighted by Gasteiger charge is -2.20. The van der Waals surface area contributed by atoms with E-state index in [0.717, 1.165) is 25.7 Å². The number of hydrogen-bond donors (Lipinski definition) is 0. The topological polar surface area (TPSA) is 37.4 Å². The lowest BCUT2D eigenvalue weighted by Crippen LogP contribution is -2.34. The van der Waals surface area contributed by atoms with Crippen LogP contribution >= 0.6 is 0 Å². The van der Waals surface area contributed by atoms with Crippen LogP contribution in [0.25, 0.3) is 0 Å². The van der Waals surface area contributed by atoms with Crippen molar-refractivity contribution in [2.75, 3.05) is 18.8 Å². The van der Waals surface area contributed by atoms with E-state index in [1.54, 1.807) is 4.31 Å². The molecule has 0 aliphatic heterocycles. The van der Waals surface area contributed by atoms with E-state index < -0.39 is 10.0 Å². The zero-order valence-corrected chi connectivity index (χ0v) is 10.9. The standard InChI is InChI=1S/C11H24NO2S/c1-4-7-8-11-15(13,14)12(9-5-2)10-6-3/h2,4-11H2,1,3H3. The van der Waals surface area contributed by atoms with Gasteiger partial charge in [0.25, 0.3) is 0 Å². The first kappa shape index (κ1) is 14.9. The summed E-state index contributed by atoms with van der Waals surface area (Å²) in [7, 11) is -3.03. The molecule has 0 spiro atoms. The van der Waals surface area contributed by atoms with Crippen molar-refractivity contribution in [1.29, 1.82) is 0 Å². The zero-order valence-electron chi connectivity index (χ0n) is 10.0. The van der Waals surface area contributed by atoms with Crippen molar-refractivity contribution in [3.05, 3.63) is 6.92 Å². The fourth-order valence-corrected chi connectivity index (χ4v) is 3.17. The fourth-order valence-electron chi connectivity index (χ4n) is 1.48. The summed E-state index contributed by atoms with van der Waals surface area (Å²) in [6.45, 7) is 8.97. The predicted octanol–water partition coefficient (Wildman–Crippen LogP) is 2.44. The molecule has 15 heavy (non-hydrogen) atoms. The van der Waals surface area contributed by atoms with Crippen LogP contribution in [0.3, 0.4) is 0 Å². The molecule has 91 valence electrons. The highest BCUT2D eigenvalue weighted by atomic mass is 32.2. The molecule has 0 N–H and O–H groups in total. The summed E-state index contributed by atoms with van der Waals surface area (Å²) in [4.78, 5) is 0. The molecule has 0 atom stereocenters. The largest absolute Gasteiger partial charge is 0.214 e. The highest BCUT2D eigenvalue weighted by Crippen LogP contribution is 2.07. The molecule has 0 unspecified atom stereocenters. The van der Waals surface area contributed by atoms with Crippen molar-refractivity contribution in [3.8, 4) is 0 Å². The number of unbranched alkanes of at least 4 members (excludes halogenated alkanes) is 2. The maximum absolute atomic E-state index is 11.9. The normalized spacial score (nSPS) is 12.3. The van der Waals surface area contributed by atoms with E-state index in [1.807, 2.05) is 6.92 Å². The van der Waals surface area contributed by atoms with E-state index in [0.29, 0.717) is 25.3 Å². The van der Waals surface area contributed by atoms with Crippen LogP contribution in [0.1, 0.15) is 46.0 Å². The Labute approximate surface area is 94.9 Å². The third-order valence-corrected chi connectivity index (χ3v) is 4.24. The molecule has 0 amide bonds. The van der Waals surface area contributed by atoms with Crippen molar-refractivity contribution >= 4 is 10.0 Å². The summed E-state index contributed by atoms with van der Waals surface area (Å²) in [5.41, 5.74) is 0. The Balaban J connectivity index is 4.22. The minimum atomic E-state index is -3.03. The molecule has 0 rings (SSSR count). The zero-order chi connectivity index (χ0) is 11.7. The first-order valence-corrected chi connectivity index (χ1v) is 7.46. The van der Waals surface area contributed by atoms with Gasteiger partial charge in [0.15, 0.2) is 0 Å². The van der Waals surface area contributed by atoms with Crippen molar-refractivity contribution in [2.24, 2.45) is 0 Å². The third kappa shape index (κ3) is 6.15. The Hall–Kier alpha value is -0.0900. The van der Waals surface area contributed by atoms with Crippen LogP contribution in [-0.2, 0) is 10.0 Å². The molecule has 0 aromatic heterocycles. The van der Waals surface area contributed by atoms with Crippen LogP contribution in [-0.4, -0.2) is 31.6 Å². The summed E-state index contributed by atoms with van der Waals surface area (Å²) in [6, 6.07) is 0. The SMILES string of the molecule is [CH2]CCN(CCC)S(=O)(=O)CCCCC. The summed E-state index contributed by atoms with van der Waals surface area (Å²) in [6.07, 6.45) is 4.33. The molecular weight excluding hydrogens is 210 g/mol. The Morgan fingerprint density at radius 1 is 1.07 bits per heavy atom. The second kappa shape index (κ2) is 8.11. The molecule has 0 saturated heterocycles. The van der Waals surface area contributed by atoms with Gasteiger partial charge >= 0.3 is 0 Å². The predicted molar refractivity (Wildman–Crippen MR) is 65.1 cm³/mol. The maximum Gasteiger partial charge on any atom is 0.214 e. The molecule has 0 aliphatic carbocycles. The van der Waals surface area contributed by atoms with Crippen LogP contribution in [0.2, 0.25) is 0 Å². The first-order valence-electron chi connectivity index (χ1n) is 5.85. The molecule has 0 bridgehead atoms. The highest BCUT2D eigenvalue weighted by Gasteiger charge is 2.19. The van der Waals surface area contributed by atoms with Gasteiger partial charge in [0, 0.05) is 13.1 Å². The second-order valence-corrected chi connectivity index (χ2v) is 5.86. The van der Waals surface area contributed by atoms with Gasteiger partial charge in [0.2, 0.25) is 10.0 Å². The van der Waals surface area contributed by atoms with Crippen LogP contribution in [0.4, 0.5) is 0 Å². The highest BCUT2D eigenvalue weighted by molar-refractivity contribution is 7.89. The van der Waals surface area contributed by atoms with Gasteiger partial charge in [-0.2, -0.15) is 0 Å².